The van der Waals surface area contributed by atoms with Crippen LogP contribution in [0.3, 0.4) is 0 Å². The van der Waals surface area contributed by atoms with Crippen molar-refractivity contribution in [1.29, 1.82) is 15.8 Å². The number of fused-ring (bicyclic) bond motifs is 1. The molecule has 0 saturated heterocycles. The van der Waals surface area contributed by atoms with Crippen molar-refractivity contribution >= 4 is 0 Å². The lowest BCUT2D eigenvalue weighted by atomic mass is 9.56. The first-order valence-electron chi connectivity index (χ1n) is 10.3. The molecule has 0 saturated carbocycles. The molecule has 2 aliphatic carbocycles. The predicted octanol–water partition coefficient (Wildman–Crippen LogP) is 4.86. The highest BCUT2D eigenvalue weighted by Crippen LogP contribution is 2.57. The Morgan fingerprint density at radius 2 is 1.71 bits per heavy atom. The Labute approximate surface area is 182 Å². The van der Waals surface area contributed by atoms with Gasteiger partial charge in [-0.1, -0.05) is 54.6 Å². The number of hydrogen-bond acceptors (Lipinski definition) is 5. The Balaban J connectivity index is 1.85. The number of allylic oxidation sites excluding steroid dienone is 4. The topological polar surface area (TPSA) is 107 Å². The van der Waals surface area contributed by atoms with E-state index in [1.165, 1.54) is 0 Å². The summed E-state index contributed by atoms with van der Waals surface area (Å²) in [5.41, 5.74) is 7.73. The fourth-order valence-electron chi connectivity index (χ4n) is 4.82. The van der Waals surface area contributed by atoms with Gasteiger partial charge in [0.15, 0.2) is 5.41 Å². The van der Waals surface area contributed by atoms with Crippen molar-refractivity contribution in [3.05, 3.63) is 88.6 Å². The average molecular weight is 406 g/mol. The van der Waals surface area contributed by atoms with Gasteiger partial charge in [-0.2, -0.15) is 15.8 Å². The zero-order valence-corrected chi connectivity index (χ0v) is 17.1. The monoisotopic (exact) mass is 406 g/mol. The Kier molecular flexibility index (Phi) is 5.48. The van der Waals surface area contributed by atoms with Gasteiger partial charge < -0.3 is 10.5 Å². The van der Waals surface area contributed by atoms with Crippen LogP contribution in [0.4, 0.5) is 0 Å². The summed E-state index contributed by atoms with van der Waals surface area (Å²) in [5, 5.41) is 30.2. The first-order chi connectivity index (χ1) is 15.2. The Morgan fingerprint density at radius 1 is 1.00 bits per heavy atom. The molecule has 0 heterocycles. The highest BCUT2D eigenvalue weighted by atomic mass is 16.5. The lowest BCUT2D eigenvalue weighted by Crippen LogP contribution is -2.42. The molecule has 2 aromatic carbocycles. The van der Waals surface area contributed by atoms with Crippen LogP contribution in [0.15, 0.2) is 77.5 Å². The van der Waals surface area contributed by atoms with E-state index in [0.29, 0.717) is 12.4 Å². The van der Waals surface area contributed by atoms with Crippen LogP contribution >= 0.6 is 0 Å². The van der Waals surface area contributed by atoms with Crippen LogP contribution in [-0.4, -0.2) is 0 Å². The molecule has 31 heavy (non-hydrogen) atoms. The number of ether oxygens (including phenoxy) is 1. The summed E-state index contributed by atoms with van der Waals surface area (Å²) in [6.45, 7) is 0.374. The number of nitrogens with two attached hydrogens (primary N) is 1. The lowest BCUT2D eigenvalue weighted by Gasteiger charge is -2.43. The van der Waals surface area contributed by atoms with Crippen LogP contribution in [0, 0.1) is 45.3 Å². The third-order valence-electron chi connectivity index (χ3n) is 6.29. The minimum Gasteiger partial charge on any atom is -0.489 e. The highest BCUT2D eigenvalue weighted by molar-refractivity contribution is 5.60. The minimum atomic E-state index is -1.63. The zero-order chi connectivity index (χ0) is 21.8. The van der Waals surface area contributed by atoms with E-state index in [1.54, 1.807) is 0 Å². The molecule has 5 heteroatoms. The van der Waals surface area contributed by atoms with Crippen LogP contribution in [0.25, 0.3) is 0 Å². The van der Waals surface area contributed by atoms with Gasteiger partial charge in [-0.25, -0.2) is 0 Å². The normalized spacial score (nSPS) is 21.6. The maximum absolute atomic E-state index is 10.2. The first-order valence-corrected chi connectivity index (χ1v) is 10.3. The summed E-state index contributed by atoms with van der Waals surface area (Å²) < 4.78 is 6.17. The maximum Gasteiger partial charge on any atom is 0.191 e. The second kappa shape index (κ2) is 8.39. The number of para-hydroxylation sites is 1. The maximum atomic E-state index is 10.2. The molecule has 0 aliphatic heterocycles. The summed E-state index contributed by atoms with van der Waals surface area (Å²) in [4.78, 5) is 0. The molecule has 0 amide bonds. The number of rotatable bonds is 4. The Morgan fingerprint density at radius 3 is 2.42 bits per heavy atom. The van der Waals surface area contributed by atoms with Crippen molar-refractivity contribution in [3.8, 4) is 24.0 Å². The van der Waals surface area contributed by atoms with E-state index in [0.717, 1.165) is 36.0 Å². The molecule has 0 radical (unpaired) electrons. The standard InChI is InChI=1S/C26H22N4O/c27-14-22-19-10-4-5-11-20(19)24(26(16-28,17-29)25(22)30)21-12-6-7-13-23(21)31-15-18-8-2-1-3-9-18/h1-3,6-10,12-13,20,24H,4-5,11,15,30H2. The van der Waals surface area contributed by atoms with Crippen molar-refractivity contribution < 1.29 is 4.74 Å². The van der Waals surface area contributed by atoms with Crippen molar-refractivity contribution in [3.63, 3.8) is 0 Å². The molecule has 0 spiro atoms. The van der Waals surface area contributed by atoms with E-state index >= 15 is 0 Å². The molecule has 5 nitrogen and oxygen atoms in total. The minimum absolute atomic E-state index is 0.0484. The number of nitrogens with zero attached hydrogens (tertiary/aromatic N) is 3. The summed E-state index contributed by atoms with van der Waals surface area (Å²) in [5.74, 6) is -0.0287. The molecular weight excluding hydrogens is 384 g/mol. The van der Waals surface area contributed by atoms with Gasteiger partial charge in [0, 0.05) is 11.5 Å². The van der Waals surface area contributed by atoms with Gasteiger partial charge in [0.25, 0.3) is 0 Å². The van der Waals surface area contributed by atoms with E-state index in [-0.39, 0.29) is 17.2 Å². The molecule has 0 bridgehead atoms. The summed E-state index contributed by atoms with van der Waals surface area (Å²) in [7, 11) is 0. The number of benzene rings is 2. The smallest absolute Gasteiger partial charge is 0.191 e. The van der Waals surface area contributed by atoms with E-state index < -0.39 is 11.3 Å². The molecule has 2 aliphatic rings. The van der Waals surface area contributed by atoms with Gasteiger partial charge in [-0.05, 0) is 42.4 Å². The van der Waals surface area contributed by atoms with Crippen LogP contribution in [0.2, 0.25) is 0 Å². The molecule has 2 N–H and O–H groups in total. The Hall–Kier alpha value is -4.01. The second-order valence-electron chi connectivity index (χ2n) is 7.92. The number of nitriles is 3. The SMILES string of the molecule is N#CC1=C(N)C(C#N)(C#N)C(c2ccccc2OCc2ccccc2)C2CCCC=C12. The lowest BCUT2D eigenvalue weighted by molar-refractivity contribution is 0.276. The van der Waals surface area contributed by atoms with Gasteiger partial charge >= 0.3 is 0 Å². The first kappa shape index (κ1) is 20.3. The van der Waals surface area contributed by atoms with Crippen molar-refractivity contribution in [2.45, 2.75) is 31.8 Å². The fraction of sp³-hybridized carbons (Fsp3) is 0.269. The quantitative estimate of drug-likeness (QED) is 0.780. The summed E-state index contributed by atoms with van der Waals surface area (Å²) in [6.07, 6.45) is 4.62. The van der Waals surface area contributed by atoms with Gasteiger partial charge in [0.05, 0.1) is 23.4 Å². The molecule has 0 fully saturated rings. The van der Waals surface area contributed by atoms with Gasteiger partial charge in [0.2, 0.25) is 0 Å². The predicted molar refractivity (Wildman–Crippen MR) is 116 cm³/mol. The zero-order valence-electron chi connectivity index (χ0n) is 17.1. The van der Waals surface area contributed by atoms with Gasteiger partial charge in [-0.3, -0.25) is 0 Å². The van der Waals surface area contributed by atoms with Crippen molar-refractivity contribution in [1.82, 2.24) is 0 Å². The average Bonchev–Trinajstić information content (AvgIpc) is 2.83. The van der Waals surface area contributed by atoms with Crippen LogP contribution < -0.4 is 10.5 Å². The molecule has 2 atom stereocenters. The third-order valence-corrected chi connectivity index (χ3v) is 6.29. The highest BCUT2D eigenvalue weighted by Gasteiger charge is 2.54. The number of hydrogen-bond donors (Lipinski definition) is 1. The summed E-state index contributed by atoms with van der Waals surface area (Å²) in [6, 6.07) is 23.9. The Bertz CT molecular complexity index is 1160. The summed E-state index contributed by atoms with van der Waals surface area (Å²) >= 11 is 0. The van der Waals surface area contributed by atoms with Crippen LogP contribution in [-0.2, 0) is 6.61 Å². The second-order valence-corrected chi connectivity index (χ2v) is 7.92. The van der Waals surface area contributed by atoms with E-state index in [4.69, 9.17) is 10.5 Å². The third kappa shape index (κ3) is 3.33. The van der Waals surface area contributed by atoms with E-state index in [1.807, 2.05) is 60.7 Å². The van der Waals surface area contributed by atoms with Crippen molar-refractivity contribution in [2.24, 2.45) is 17.1 Å². The van der Waals surface area contributed by atoms with Crippen LogP contribution in [0.1, 0.15) is 36.3 Å². The molecule has 152 valence electrons. The van der Waals surface area contributed by atoms with E-state index in [2.05, 4.69) is 18.2 Å². The molecule has 0 aromatic heterocycles. The fourth-order valence-corrected chi connectivity index (χ4v) is 4.82. The molecule has 2 unspecified atom stereocenters. The largest absolute Gasteiger partial charge is 0.489 e. The van der Waals surface area contributed by atoms with E-state index in [9.17, 15) is 15.8 Å². The van der Waals surface area contributed by atoms with Crippen molar-refractivity contribution in [2.75, 3.05) is 0 Å². The van der Waals surface area contributed by atoms with Gasteiger partial charge in [0.1, 0.15) is 18.4 Å². The molecule has 4 rings (SSSR count). The molecule has 2 aromatic rings. The van der Waals surface area contributed by atoms with Crippen LogP contribution in [0.5, 0.6) is 5.75 Å². The van der Waals surface area contributed by atoms with Gasteiger partial charge in [-0.15, -0.1) is 0 Å². The molecular formula is C26H22N4O.